The van der Waals surface area contributed by atoms with E-state index in [1.165, 1.54) is 5.57 Å². The van der Waals surface area contributed by atoms with E-state index in [9.17, 15) is 0 Å². The summed E-state index contributed by atoms with van der Waals surface area (Å²) in [5, 5.41) is 0. The van der Waals surface area contributed by atoms with Gasteiger partial charge in [0, 0.05) is 0 Å². The molecule has 0 aromatic carbocycles. The zero-order valence-corrected chi connectivity index (χ0v) is 8.91. The van der Waals surface area contributed by atoms with E-state index in [4.69, 9.17) is 0 Å². The molecule has 0 nitrogen and oxygen atoms in total. The molecular weight excluding hydrogens is 144 g/mol. The van der Waals surface area contributed by atoms with Crippen molar-refractivity contribution < 1.29 is 0 Å². The second-order valence-corrected chi connectivity index (χ2v) is 3.70. The third-order valence-electron chi connectivity index (χ3n) is 2.45. The Morgan fingerprint density at radius 3 is 2.42 bits per heavy atom. The second kappa shape index (κ2) is 5.18. The molecule has 1 atom stereocenters. The number of allylic oxidation sites excluding steroid dienone is 3. The number of hydrogen-bond acceptors (Lipinski definition) is 0. The van der Waals surface area contributed by atoms with Gasteiger partial charge in [0.1, 0.15) is 0 Å². The van der Waals surface area contributed by atoms with Crippen LogP contribution in [0.4, 0.5) is 0 Å². The molecule has 1 radical (unpaired) electrons. The quantitative estimate of drug-likeness (QED) is 0.537. The third kappa shape index (κ3) is 3.75. The molecule has 0 aliphatic rings. The van der Waals surface area contributed by atoms with E-state index in [0.717, 1.165) is 19.3 Å². The Morgan fingerprint density at radius 1 is 1.50 bits per heavy atom. The Kier molecular flexibility index (Phi) is 4.96. The lowest BCUT2D eigenvalue weighted by atomic mass is 9.81. The summed E-state index contributed by atoms with van der Waals surface area (Å²) in [6, 6.07) is 0. The van der Waals surface area contributed by atoms with Crippen LogP contribution in [-0.4, -0.2) is 0 Å². The molecule has 0 amide bonds. The van der Waals surface area contributed by atoms with Crippen LogP contribution in [0.2, 0.25) is 0 Å². The Morgan fingerprint density at radius 2 is 2.08 bits per heavy atom. The summed E-state index contributed by atoms with van der Waals surface area (Å²) in [5.74, 6) is 0. The molecule has 12 heavy (non-hydrogen) atoms. The van der Waals surface area contributed by atoms with Gasteiger partial charge in [-0.05, 0) is 37.7 Å². The van der Waals surface area contributed by atoms with Crippen LogP contribution in [0.15, 0.2) is 18.2 Å². The first-order valence-corrected chi connectivity index (χ1v) is 4.78. The van der Waals surface area contributed by atoms with Crippen molar-refractivity contribution in [2.24, 2.45) is 5.41 Å². The molecule has 0 spiro atoms. The van der Waals surface area contributed by atoms with Gasteiger partial charge < -0.3 is 0 Å². The van der Waals surface area contributed by atoms with Gasteiger partial charge in [-0.25, -0.2) is 0 Å². The third-order valence-corrected chi connectivity index (χ3v) is 2.45. The van der Waals surface area contributed by atoms with Gasteiger partial charge >= 0.3 is 0 Å². The summed E-state index contributed by atoms with van der Waals surface area (Å²) in [6.07, 6.45) is 8.67. The minimum Gasteiger partial charge on any atom is -0.103 e. The largest absolute Gasteiger partial charge is 0.103 e. The highest BCUT2D eigenvalue weighted by atomic mass is 14.2. The van der Waals surface area contributed by atoms with E-state index < -0.39 is 0 Å². The smallest absolute Gasteiger partial charge is 0.0115 e. The number of hydrogen-bond donors (Lipinski definition) is 0. The molecule has 69 valence electrons. The van der Waals surface area contributed by atoms with Crippen LogP contribution in [0.1, 0.15) is 47.0 Å². The summed E-state index contributed by atoms with van der Waals surface area (Å²) < 4.78 is 0. The summed E-state index contributed by atoms with van der Waals surface area (Å²) in [5.41, 5.74) is 1.63. The Hall–Kier alpha value is -0.520. The second-order valence-electron chi connectivity index (χ2n) is 3.70. The molecule has 0 rings (SSSR count). The normalized spacial score (nSPS) is 17.2. The van der Waals surface area contributed by atoms with Crippen LogP contribution < -0.4 is 0 Å². The van der Waals surface area contributed by atoms with Crippen molar-refractivity contribution in [2.75, 3.05) is 0 Å². The fraction of sp³-hybridized carbons (Fsp3) is 0.667. The van der Waals surface area contributed by atoms with E-state index in [2.05, 4.69) is 46.4 Å². The minimum absolute atomic E-state index is 0.270. The maximum atomic E-state index is 3.88. The maximum absolute atomic E-state index is 3.88. The molecule has 0 heteroatoms. The van der Waals surface area contributed by atoms with Crippen LogP contribution in [0.5, 0.6) is 0 Å². The first kappa shape index (κ1) is 11.5. The van der Waals surface area contributed by atoms with Crippen molar-refractivity contribution >= 4 is 0 Å². The summed E-state index contributed by atoms with van der Waals surface area (Å²) >= 11 is 0. The Labute approximate surface area is 77.4 Å². The van der Waals surface area contributed by atoms with Crippen molar-refractivity contribution in [3.8, 4) is 0 Å². The SMILES string of the molecule is C=CC(C)(CC)C/C(C)=[C]/CC. The van der Waals surface area contributed by atoms with Crippen molar-refractivity contribution in [1.29, 1.82) is 0 Å². The van der Waals surface area contributed by atoms with E-state index in [1.54, 1.807) is 0 Å². The van der Waals surface area contributed by atoms with Gasteiger partial charge in [0.2, 0.25) is 0 Å². The standard InChI is InChI=1S/C12H21/c1-6-9-11(4)10-12(5,7-2)8-3/h7H,2,6,8,10H2,1,3-5H3. The van der Waals surface area contributed by atoms with Gasteiger partial charge in [-0.2, -0.15) is 0 Å². The lowest BCUT2D eigenvalue weighted by molar-refractivity contribution is 0.407. The first-order valence-electron chi connectivity index (χ1n) is 4.78. The molecule has 0 heterocycles. The highest BCUT2D eigenvalue weighted by Crippen LogP contribution is 2.30. The van der Waals surface area contributed by atoms with Crippen LogP contribution in [0.3, 0.4) is 0 Å². The molecule has 0 aromatic heterocycles. The van der Waals surface area contributed by atoms with Gasteiger partial charge in [0.05, 0.1) is 0 Å². The Balaban J connectivity index is 4.20. The van der Waals surface area contributed by atoms with Crippen LogP contribution in [-0.2, 0) is 0 Å². The molecule has 0 aliphatic carbocycles. The van der Waals surface area contributed by atoms with Crippen molar-refractivity contribution in [1.82, 2.24) is 0 Å². The fourth-order valence-electron chi connectivity index (χ4n) is 1.31. The first-order chi connectivity index (χ1) is 5.58. The van der Waals surface area contributed by atoms with Crippen LogP contribution >= 0.6 is 0 Å². The molecule has 0 bridgehead atoms. The van der Waals surface area contributed by atoms with Gasteiger partial charge in [-0.15, -0.1) is 6.58 Å². The highest BCUT2D eigenvalue weighted by Gasteiger charge is 2.17. The molecule has 0 saturated carbocycles. The topological polar surface area (TPSA) is 0 Å². The summed E-state index contributed by atoms with van der Waals surface area (Å²) in [6.45, 7) is 12.6. The summed E-state index contributed by atoms with van der Waals surface area (Å²) in [7, 11) is 0. The molecule has 0 saturated heterocycles. The van der Waals surface area contributed by atoms with E-state index in [0.29, 0.717) is 0 Å². The minimum atomic E-state index is 0.270. The van der Waals surface area contributed by atoms with Crippen LogP contribution in [0.25, 0.3) is 0 Å². The molecule has 0 N–H and O–H groups in total. The van der Waals surface area contributed by atoms with E-state index in [1.807, 2.05) is 0 Å². The van der Waals surface area contributed by atoms with Crippen LogP contribution in [0, 0.1) is 11.5 Å². The molecule has 0 aliphatic heterocycles. The van der Waals surface area contributed by atoms with E-state index in [-0.39, 0.29) is 5.41 Å². The summed E-state index contributed by atoms with van der Waals surface area (Å²) in [4.78, 5) is 0. The number of rotatable bonds is 5. The fourth-order valence-corrected chi connectivity index (χ4v) is 1.31. The molecular formula is C12H21. The average Bonchev–Trinajstić information content (AvgIpc) is 2.05. The van der Waals surface area contributed by atoms with Crippen molar-refractivity contribution in [3.63, 3.8) is 0 Å². The monoisotopic (exact) mass is 165 g/mol. The Bertz CT molecular complexity index is 165. The van der Waals surface area contributed by atoms with Crippen molar-refractivity contribution in [2.45, 2.75) is 47.0 Å². The van der Waals surface area contributed by atoms with Gasteiger partial charge in [-0.1, -0.05) is 32.4 Å². The van der Waals surface area contributed by atoms with Crippen molar-refractivity contribution in [3.05, 3.63) is 24.3 Å². The lowest BCUT2D eigenvalue weighted by Crippen LogP contribution is -2.11. The predicted molar refractivity (Wildman–Crippen MR) is 55.9 cm³/mol. The predicted octanol–water partition coefficient (Wildman–Crippen LogP) is 4.14. The molecule has 0 fully saturated rings. The van der Waals surface area contributed by atoms with Gasteiger partial charge in [0.15, 0.2) is 0 Å². The zero-order valence-electron chi connectivity index (χ0n) is 8.91. The van der Waals surface area contributed by atoms with Gasteiger partial charge in [-0.3, -0.25) is 0 Å². The highest BCUT2D eigenvalue weighted by molar-refractivity contribution is 5.03. The van der Waals surface area contributed by atoms with E-state index >= 15 is 0 Å². The average molecular weight is 165 g/mol. The lowest BCUT2D eigenvalue weighted by Gasteiger charge is -2.24. The zero-order chi connectivity index (χ0) is 9.61. The van der Waals surface area contributed by atoms with Gasteiger partial charge in [0.25, 0.3) is 0 Å². The maximum Gasteiger partial charge on any atom is -0.0115 e. The molecule has 1 unspecified atom stereocenters. The molecule has 0 aromatic rings.